The second kappa shape index (κ2) is 8.89. The quantitative estimate of drug-likeness (QED) is 0.364. The van der Waals surface area contributed by atoms with Crippen molar-refractivity contribution < 1.29 is 14.6 Å². The second-order valence-electron chi connectivity index (χ2n) is 8.30. The predicted molar refractivity (Wildman–Crippen MR) is 128 cm³/mol. The van der Waals surface area contributed by atoms with Gasteiger partial charge in [-0.05, 0) is 53.1 Å². The van der Waals surface area contributed by atoms with E-state index < -0.39 is 5.97 Å². The highest BCUT2D eigenvalue weighted by Gasteiger charge is 2.25. The zero-order chi connectivity index (χ0) is 23.7. The maximum atomic E-state index is 11.2. The summed E-state index contributed by atoms with van der Waals surface area (Å²) in [7, 11) is 1.65. The van der Waals surface area contributed by atoms with Crippen LogP contribution >= 0.6 is 0 Å². The topological polar surface area (TPSA) is 114 Å². The smallest absolute Gasteiger partial charge is 0.335 e. The number of hydrogen-bond donors (Lipinski definition) is 3. The van der Waals surface area contributed by atoms with Crippen LogP contribution in [0.2, 0.25) is 0 Å². The molecule has 5 rings (SSSR count). The number of carboxylic acids is 1. The molecule has 8 heteroatoms. The van der Waals surface area contributed by atoms with Crippen LogP contribution in [0.1, 0.15) is 15.9 Å². The number of carboxylic acid groups (broad SMARTS) is 1. The molecule has 0 amide bonds. The van der Waals surface area contributed by atoms with Gasteiger partial charge in [-0.2, -0.15) is 5.26 Å². The molecule has 1 aliphatic heterocycles. The molecule has 3 N–H and O–H groups in total. The second-order valence-corrected chi connectivity index (χ2v) is 8.30. The van der Waals surface area contributed by atoms with Crippen LogP contribution in [0.25, 0.3) is 33.4 Å². The van der Waals surface area contributed by atoms with Crippen LogP contribution in [0.3, 0.4) is 0 Å². The Kier molecular flexibility index (Phi) is 5.62. The number of nitrogens with one attached hydrogen (secondary N) is 2. The van der Waals surface area contributed by atoms with E-state index in [0.29, 0.717) is 12.6 Å². The Bertz CT molecular complexity index is 1400. The first kappa shape index (κ1) is 21.5. The summed E-state index contributed by atoms with van der Waals surface area (Å²) in [6, 6.07) is 17.2. The first-order chi connectivity index (χ1) is 16.6. The van der Waals surface area contributed by atoms with E-state index in [-0.39, 0.29) is 5.56 Å². The number of carbonyl (C=O) groups is 1. The molecule has 1 saturated heterocycles. The largest absolute Gasteiger partial charge is 0.496 e. The van der Waals surface area contributed by atoms with Gasteiger partial charge in [0.15, 0.2) is 6.19 Å². The maximum Gasteiger partial charge on any atom is 0.335 e. The molecule has 1 fully saturated rings. The van der Waals surface area contributed by atoms with Gasteiger partial charge in [0.05, 0.1) is 18.4 Å². The first-order valence-corrected chi connectivity index (χ1v) is 10.9. The van der Waals surface area contributed by atoms with Crippen molar-refractivity contribution in [1.82, 2.24) is 20.2 Å². The summed E-state index contributed by atoms with van der Waals surface area (Å²) in [5.74, 6) is -0.196. The number of pyridine rings is 1. The maximum absolute atomic E-state index is 11.2. The third kappa shape index (κ3) is 4.05. The van der Waals surface area contributed by atoms with E-state index in [1.807, 2.05) is 30.3 Å². The first-order valence-electron chi connectivity index (χ1n) is 10.9. The van der Waals surface area contributed by atoms with Crippen LogP contribution in [-0.4, -0.2) is 52.2 Å². The van der Waals surface area contributed by atoms with Gasteiger partial charge < -0.3 is 25.0 Å². The van der Waals surface area contributed by atoms with Gasteiger partial charge >= 0.3 is 5.97 Å². The van der Waals surface area contributed by atoms with Crippen molar-refractivity contribution in [1.29, 1.82) is 5.26 Å². The molecule has 0 radical (unpaired) electrons. The Labute approximate surface area is 196 Å². The summed E-state index contributed by atoms with van der Waals surface area (Å²) in [5.41, 5.74) is 5.80. The fourth-order valence-electron chi connectivity index (χ4n) is 4.24. The molecule has 0 unspecified atom stereocenters. The average molecular weight is 454 g/mol. The van der Waals surface area contributed by atoms with Crippen molar-refractivity contribution in [2.24, 2.45) is 0 Å². The van der Waals surface area contributed by atoms with Crippen LogP contribution in [0.5, 0.6) is 5.75 Å². The Morgan fingerprint density at radius 3 is 2.71 bits per heavy atom. The number of hydrogen-bond acceptors (Lipinski definition) is 6. The number of nitrogens with zero attached hydrogens (tertiary/aromatic N) is 3. The normalized spacial score (nSPS) is 13.5. The number of likely N-dealkylation sites (tertiary alicyclic amines) is 1. The Morgan fingerprint density at radius 2 is 2.00 bits per heavy atom. The molecule has 170 valence electrons. The standard InChI is InChI=1S/C26H23N5O3/c1-34-24-7-2-16(12-29-19-13-31(14-19)15-27)10-22(24)23-11-21-20(8-9-28-25(21)30-23)17-3-5-18(6-4-17)26(32)33/h2-11,19,29H,12-14H2,1H3,(H,28,30)(H,32,33). The van der Waals surface area contributed by atoms with Gasteiger partial charge in [0, 0.05) is 42.8 Å². The monoisotopic (exact) mass is 453 g/mol. The lowest BCUT2D eigenvalue weighted by Gasteiger charge is -2.35. The fourth-order valence-corrected chi connectivity index (χ4v) is 4.24. The number of rotatable bonds is 7. The molecular formula is C26H23N5O3. The number of H-pyrrole nitrogens is 1. The molecule has 2 aromatic heterocycles. The Hall–Kier alpha value is -4.35. The lowest BCUT2D eigenvalue weighted by atomic mass is 10.0. The van der Waals surface area contributed by atoms with Crippen LogP contribution < -0.4 is 10.1 Å². The summed E-state index contributed by atoms with van der Waals surface area (Å²) in [4.78, 5) is 20.8. The van der Waals surface area contributed by atoms with Gasteiger partial charge in [-0.1, -0.05) is 18.2 Å². The minimum atomic E-state index is -0.948. The number of aromatic nitrogens is 2. The van der Waals surface area contributed by atoms with E-state index in [2.05, 4.69) is 33.6 Å². The molecule has 0 spiro atoms. The number of benzene rings is 2. The van der Waals surface area contributed by atoms with Crippen molar-refractivity contribution in [2.45, 2.75) is 12.6 Å². The lowest BCUT2D eigenvalue weighted by Crippen LogP contribution is -2.55. The van der Waals surface area contributed by atoms with Crippen LogP contribution in [0, 0.1) is 11.5 Å². The van der Waals surface area contributed by atoms with Crippen molar-refractivity contribution in [3.8, 4) is 34.3 Å². The van der Waals surface area contributed by atoms with Crippen molar-refractivity contribution in [2.75, 3.05) is 20.2 Å². The number of aromatic amines is 1. The van der Waals surface area contributed by atoms with Gasteiger partial charge in [0.1, 0.15) is 11.4 Å². The predicted octanol–water partition coefficient (Wildman–Crippen LogP) is 3.86. The summed E-state index contributed by atoms with van der Waals surface area (Å²) in [6.45, 7) is 2.17. The molecule has 0 bridgehead atoms. The van der Waals surface area contributed by atoms with Crippen molar-refractivity contribution in [3.63, 3.8) is 0 Å². The van der Waals surface area contributed by atoms with E-state index >= 15 is 0 Å². The highest BCUT2D eigenvalue weighted by molar-refractivity contribution is 5.97. The van der Waals surface area contributed by atoms with Crippen molar-refractivity contribution in [3.05, 3.63) is 71.9 Å². The number of aromatic carboxylic acids is 1. The van der Waals surface area contributed by atoms with Gasteiger partial charge in [0.25, 0.3) is 0 Å². The highest BCUT2D eigenvalue weighted by Crippen LogP contribution is 2.35. The number of methoxy groups -OCH3 is 1. The average Bonchev–Trinajstić information content (AvgIpc) is 3.27. The molecule has 0 atom stereocenters. The van der Waals surface area contributed by atoms with Gasteiger partial charge in [0.2, 0.25) is 0 Å². The van der Waals surface area contributed by atoms with Crippen molar-refractivity contribution >= 4 is 17.0 Å². The molecule has 1 aliphatic rings. The van der Waals surface area contributed by atoms with E-state index in [0.717, 1.165) is 57.8 Å². The van der Waals surface area contributed by atoms with Gasteiger partial charge in [-0.25, -0.2) is 9.78 Å². The summed E-state index contributed by atoms with van der Waals surface area (Å²) < 4.78 is 5.63. The molecule has 0 aliphatic carbocycles. The number of nitriles is 1. The lowest BCUT2D eigenvalue weighted by molar-refractivity contribution is 0.0697. The highest BCUT2D eigenvalue weighted by atomic mass is 16.5. The van der Waals surface area contributed by atoms with Crippen LogP contribution in [0.4, 0.5) is 0 Å². The summed E-state index contributed by atoms with van der Waals surface area (Å²) >= 11 is 0. The third-order valence-electron chi connectivity index (χ3n) is 6.15. The van der Waals surface area contributed by atoms with Gasteiger partial charge in [-0.3, -0.25) is 0 Å². The fraction of sp³-hybridized carbons (Fsp3) is 0.192. The Balaban J connectivity index is 1.46. The molecule has 0 saturated carbocycles. The zero-order valence-electron chi connectivity index (χ0n) is 18.6. The van der Waals surface area contributed by atoms with E-state index in [4.69, 9.17) is 10.00 Å². The Morgan fingerprint density at radius 1 is 1.21 bits per heavy atom. The zero-order valence-corrected chi connectivity index (χ0v) is 18.6. The van der Waals surface area contributed by atoms with Crippen LogP contribution in [-0.2, 0) is 6.54 Å². The third-order valence-corrected chi connectivity index (χ3v) is 6.15. The molecular weight excluding hydrogens is 430 g/mol. The number of ether oxygens (including phenoxy) is 1. The number of fused-ring (bicyclic) bond motifs is 1. The molecule has 3 heterocycles. The molecule has 34 heavy (non-hydrogen) atoms. The summed E-state index contributed by atoms with van der Waals surface area (Å²) in [6.07, 6.45) is 3.89. The molecule has 4 aromatic rings. The minimum Gasteiger partial charge on any atom is -0.496 e. The minimum absolute atomic E-state index is 0.251. The van der Waals surface area contributed by atoms with Gasteiger partial charge in [-0.15, -0.1) is 0 Å². The molecule has 2 aromatic carbocycles. The SMILES string of the molecule is COc1ccc(CNC2CN(C#N)C2)cc1-c1cc2c(-c3ccc(C(=O)O)cc3)ccnc2[nH]1. The van der Waals surface area contributed by atoms with E-state index in [1.54, 1.807) is 30.3 Å². The molecule has 8 nitrogen and oxygen atoms in total. The van der Waals surface area contributed by atoms with Crippen LogP contribution in [0.15, 0.2) is 60.8 Å². The summed E-state index contributed by atoms with van der Waals surface area (Å²) in [5, 5.41) is 22.5. The van der Waals surface area contributed by atoms with E-state index in [9.17, 15) is 9.90 Å². The van der Waals surface area contributed by atoms with E-state index in [1.165, 1.54) is 0 Å².